The second-order valence-corrected chi connectivity index (χ2v) is 6.91. The van der Waals surface area contributed by atoms with Crippen molar-refractivity contribution in [2.24, 2.45) is 5.92 Å². The molecule has 1 heterocycles. The maximum atomic E-state index is 13.3. The van der Waals surface area contributed by atoms with Gasteiger partial charge in [-0.1, -0.05) is 23.7 Å². The molecule has 0 radical (unpaired) electrons. The van der Waals surface area contributed by atoms with E-state index in [0.717, 1.165) is 11.3 Å². The highest BCUT2D eigenvalue weighted by Crippen LogP contribution is 2.29. The molecule has 0 aliphatic carbocycles. The Labute approximate surface area is 162 Å². The number of methoxy groups -OCH3 is 1. The van der Waals surface area contributed by atoms with Crippen LogP contribution in [0, 0.1) is 11.7 Å². The Kier molecular flexibility index (Phi) is 5.65. The molecular formula is C20H20ClFN2O3. The van der Waals surface area contributed by atoms with Crippen molar-refractivity contribution in [3.63, 3.8) is 0 Å². The molecule has 1 aliphatic heterocycles. The van der Waals surface area contributed by atoms with Gasteiger partial charge in [0.1, 0.15) is 11.6 Å². The lowest BCUT2D eigenvalue weighted by Gasteiger charge is -2.19. The van der Waals surface area contributed by atoms with Crippen LogP contribution in [0.5, 0.6) is 5.75 Å². The molecule has 0 spiro atoms. The molecule has 2 aromatic carbocycles. The van der Waals surface area contributed by atoms with E-state index in [1.165, 1.54) is 23.1 Å². The highest BCUT2D eigenvalue weighted by Gasteiger charge is 2.35. The molecule has 142 valence electrons. The average Bonchev–Trinajstić information content (AvgIpc) is 3.06. The smallest absolute Gasteiger partial charge is 0.227 e. The minimum Gasteiger partial charge on any atom is -0.497 e. The second kappa shape index (κ2) is 7.96. The standard InChI is InChI=1S/C20H20ClFN2O3/c1-12(13-3-6-16(27-2)7-4-13)23-20(26)14-9-19(25)24(11-14)15-5-8-18(22)17(21)10-15/h3-8,10,12,14H,9,11H2,1-2H3,(H,23,26)/t12-,14-/m0/s1. The minimum absolute atomic E-state index is 0.0543. The van der Waals surface area contributed by atoms with E-state index in [9.17, 15) is 14.0 Å². The van der Waals surface area contributed by atoms with Gasteiger partial charge in [0.25, 0.3) is 0 Å². The van der Waals surface area contributed by atoms with Gasteiger partial charge in [-0.25, -0.2) is 4.39 Å². The number of nitrogens with zero attached hydrogens (tertiary/aromatic N) is 1. The monoisotopic (exact) mass is 390 g/mol. The Morgan fingerprint density at radius 3 is 2.63 bits per heavy atom. The van der Waals surface area contributed by atoms with E-state index in [4.69, 9.17) is 16.3 Å². The SMILES string of the molecule is COc1ccc([C@H](C)NC(=O)[C@H]2CC(=O)N(c3ccc(F)c(Cl)c3)C2)cc1. The van der Waals surface area contributed by atoms with Crippen molar-refractivity contribution in [3.05, 3.63) is 58.9 Å². The summed E-state index contributed by atoms with van der Waals surface area (Å²) in [7, 11) is 1.59. The van der Waals surface area contributed by atoms with Gasteiger partial charge in [-0.05, 0) is 42.8 Å². The number of hydrogen-bond donors (Lipinski definition) is 1. The van der Waals surface area contributed by atoms with Crippen LogP contribution in [-0.2, 0) is 9.59 Å². The van der Waals surface area contributed by atoms with Gasteiger partial charge in [0.2, 0.25) is 11.8 Å². The molecule has 2 atom stereocenters. The van der Waals surface area contributed by atoms with Gasteiger partial charge in [0.15, 0.2) is 0 Å². The largest absolute Gasteiger partial charge is 0.497 e. The van der Waals surface area contributed by atoms with Crippen LogP contribution >= 0.6 is 11.6 Å². The first-order valence-corrected chi connectivity index (χ1v) is 8.96. The number of benzene rings is 2. The van der Waals surface area contributed by atoms with Crippen LogP contribution in [-0.4, -0.2) is 25.5 Å². The topological polar surface area (TPSA) is 58.6 Å². The van der Waals surface area contributed by atoms with E-state index in [-0.39, 0.29) is 35.8 Å². The molecule has 0 saturated carbocycles. The molecule has 1 saturated heterocycles. The summed E-state index contributed by atoms with van der Waals surface area (Å²) in [6, 6.07) is 11.3. The lowest BCUT2D eigenvalue weighted by molar-refractivity contribution is -0.126. The van der Waals surface area contributed by atoms with E-state index in [1.807, 2.05) is 31.2 Å². The average molecular weight is 391 g/mol. The summed E-state index contributed by atoms with van der Waals surface area (Å²) >= 11 is 5.80. The van der Waals surface area contributed by atoms with E-state index in [2.05, 4.69) is 5.32 Å². The molecule has 27 heavy (non-hydrogen) atoms. The summed E-state index contributed by atoms with van der Waals surface area (Å²) in [4.78, 5) is 26.4. The fourth-order valence-electron chi connectivity index (χ4n) is 3.09. The molecule has 0 bridgehead atoms. The zero-order valence-electron chi connectivity index (χ0n) is 15.0. The van der Waals surface area contributed by atoms with Gasteiger partial charge in [-0.3, -0.25) is 9.59 Å². The van der Waals surface area contributed by atoms with Gasteiger partial charge in [-0.2, -0.15) is 0 Å². The molecule has 3 rings (SSSR count). The van der Waals surface area contributed by atoms with Gasteiger partial charge in [0, 0.05) is 18.7 Å². The third-order valence-corrected chi connectivity index (χ3v) is 4.97. The van der Waals surface area contributed by atoms with Crippen molar-refractivity contribution in [2.75, 3.05) is 18.6 Å². The molecule has 0 unspecified atom stereocenters. The molecule has 1 aliphatic rings. The van der Waals surface area contributed by atoms with Gasteiger partial charge in [-0.15, -0.1) is 0 Å². The van der Waals surface area contributed by atoms with Crippen molar-refractivity contribution >= 4 is 29.1 Å². The maximum Gasteiger partial charge on any atom is 0.227 e. The highest BCUT2D eigenvalue weighted by molar-refractivity contribution is 6.31. The number of nitrogens with one attached hydrogen (secondary N) is 1. The molecular weight excluding hydrogens is 371 g/mol. The molecule has 1 N–H and O–H groups in total. The number of rotatable bonds is 5. The number of anilines is 1. The lowest BCUT2D eigenvalue weighted by Crippen LogP contribution is -2.34. The number of carbonyl (C=O) groups is 2. The Morgan fingerprint density at radius 1 is 1.30 bits per heavy atom. The van der Waals surface area contributed by atoms with Crippen molar-refractivity contribution in [3.8, 4) is 5.75 Å². The lowest BCUT2D eigenvalue weighted by atomic mass is 10.0. The quantitative estimate of drug-likeness (QED) is 0.846. The fraction of sp³-hybridized carbons (Fsp3) is 0.300. The van der Waals surface area contributed by atoms with E-state index in [1.54, 1.807) is 7.11 Å². The molecule has 7 heteroatoms. The molecule has 2 aromatic rings. The van der Waals surface area contributed by atoms with Crippen LogP contribution in [0.4, 0.5) is 10.1 Å². The first-order chi connectivity index (χ1) is 12.9. The Balaban J connectivity index is 1.65. The van der Waals surface area contributed by atoms with Crippen LogP contribution in [0.1, 0.15) is 24.9 Å². The van der Waals surface area contributed by atoms with Crippen molar-refractivity contribution < 1.29 is 18.7 Å². The number of halogens is 2. The zero-order valence-corrected chi connectivity index (χ0v) is 15.8. The van der Waals surface area contributed by atoms with E-state index >= 15 is 0 Å². The number of carbonyl (C=O) groups excluding carboxylic acids is 2. The number of hydrogen-bond acceptors (Lipinski definition) is 3. The summed E-state index contributed by atoms with van der Waals surface area (Å²) in [5.74, 6) is -0.652. The third kappa shape index (κ3) is 4.22. The second-order valence-electron chi connectivity index (χ2n) is 6.51. The van der Waals surface area contributed by atoms with E-state index in [0.29, 0.717) is 5.69 Å². The first kappa shape index (κ1) is 19.2. The normalized spacial score (nSPS) is 17.7. The van der Waals surface area contributed by atoms with Crippen LogP contribution in [0.15, 0.2) is 42.5 Å². The van der Waals surface area contributed by atoms with Crippen molar-refractivity contribution in [1.29, 1.82) is 0 Å². The van der Waals surface area contributed by atoms with Crippen LogP contribution < -0.4 is 15.0 Å². The maximum absolute atomic E-state index is 13.3. The third-order valence-electron chi connectivity index (χ3n) is 4.69. The Hall–Kier alpha value is -2.60. The fourth-order valence-corrected chi connectivity index (χ4v) is 3.27. The van der Waals surface area contributed by atoms with Crippen LogP contribution in [0.25, 0.3) is 0 Å². The predicted molar refractivity (Wildman–Crippen MR) is 101 cm³/mol. The molecule has 1 fully saturated rings. The highest BCUT2D eigenvalue weighted by atomic mass is 35.5. The van der Waals surface area contributed by atoms with Crippen LogP contribution in [0.2, 0.25) is 5.02 Å². The van der Waals surface area contributed by atoms with Crippen molar-refractivity contribution in [2.45, 2.75) is 19.4 Å². The summed E-state index contributed by atoms with van der Waals surface area (Å²) in [6.45, 7) is 2.12. The summed E-state index contributed by atoms with van der Waals surface area (Å²) in [5.41, 5.74) is 1.43. The van der Waals surface area contributed by atoms with Crippen LogP contribution in [0.3, 0.4) is 0 Å². The predicted octanol–water partition coefficient (Wildman–Crippen LogP) is 3.72. The molecule has 0 aromatic heterocycles. The Morgan fingerprint density at radius 2 is 2.00 bits per heavy atom. The van der Waals surface area contributed by atoms with E-state index < -0.39 is 11.7 Å². The number of amides is 2. The van der Waals surface area contributed by atoms with Gasteiger partial charge < -0.3 is 15.0 Å². The Bertz CT molecular complexity index is 857. The summed E-state index contributed by atoms with van der Waals surface area (Å²) < 4.78 is 18.5. The van der Waals surface area contributed by atoms with Gasteiger partial charge >= 0.3 is 0 Å². The summed E-state index contributed by atoms with van der Waals surface area (Å²) in [6.07, 6.45) is 0.107. The molecule has 5 nitrogen and oxygen atoms in total. The molecule has 2 amide bonds. The zero-order chi connectivity index (χ0) is 19.6. The summed E-state index contributed by atoms with van der Waals surface area (Å²) in [5, 5.41) is 2.89. The van der Waals surface area contributed by atoms with Crippen molar-refractivity contribution in [1.82, 2.24) is 5.32 Å². The number of ether oxygens (including phenoxy) is 1. The first-order valence-electron chi connectivity index (χ1n) is 8.58. The minimum atomic E-state index is -0.547. The van der Waals surface area contributed by atoms with Gasteiger partial charge in [0.05, 0.1) is 24.1 Å².